The van der Waals surface area contributed by atoms with E-state index in [-0.39, 0.29) is 17.9 Å². The summed E-state index contributed by atoms with van der Waals surface area (Å²) in [6, 6.07) is 0. The smallest absolute Gasteiger partial charge is 0.361 e. The van der Waals surface area contributed by atoms with E-state index in [1.807, 2.05) is 0 Å². The monoisotopic (exact) mass is 212 g/mol. The molecule has 1 radical (unpaired) electrons. The third-order valence-corrected chi connectivity index (χ3v) is 1.70. The van der Waals surface area contributed by atoms with Crippen LogP contribution in [-0.4, -0.2) is 41.2 Å². The molecule has 0 aromatic carbocycles. The van der Waals surface area contributed by atoms with Gasteiger partial charge in [-0.2, -0.15) is 0 Å². The lowest BCUT2D eigenvalue weighted by Gasteiger charge is -2.02. The zero-order valence-electron chi connectivity index (χ0n) is 8.39. The van der Waals surface area contributed by atoms with E-state index in [0.717, 1.165) is 4.68 Å². The van der Waals surface area contributed by atoms with Crippen LogP contribution in [0.5, 0.6) is 0 Å². The summed E-state index contributed by atoms with van der Waals surface area (Å²) in [5.74, 6) is -1.45. The van der Waals surface area contributed by atoms with E-state index >= 15 is 0 Å². The van der Waals surface area contributed by atoms with Gasteiger partial charge in [0.15, 0.2) is 5.69 Å². The van der Waals surface area contributed by atoms with Gasteiger partial charge in [0.1, 0.15) is 0 Å². The Hall–Kier alpha value is -1.92. The molecule has 0 bridgehead atoms. The van der Waals surface area contributed by atoms with Crippen molar-refractivity contribution in [1.29, 1.82) is 0 Å². The summed E-state index contributed by atoms with van der Waals surface area (Å²) in [6.45, 7) is 3.69. The molecular weight excluding hydrogens is 202 g/mol. The molecule has 0 atom stereocenters. The molecule has 81 valence electrons. The van der Waals surface area contributed by atoms with Gasteiger partial charge in [0.25, 0.3) is 0 Å². The molecule has 0 unspecified atom stereocenters. The third kappa shape index (κ3) is 1.95. The van der Waals surface area contributed by atoms with Gasteiger partial charge in [0.05, 0.1) is 14.2 Å². The van der Waals surface area contributed by atoms with E-state index in [1.165, 1.54) is 14.2 Å². The van der Waals surface area contributed by atoms with Gasteiger partial charge < -0.3 is 9.47 Å². The predicted octanol–water partition coefficient (Wildman–Crippen LogP) is -0.315. The normalized spacial score (nSPS) is 9.80. The average Bonchev–Trinajstić information content (AvgIpc) is 2.70. The molecule has 0 aliphatic rings. The van der Waals surface area contributed by atoms with Crippen LogP contribution in [0.1, 0.15) is 21.0 Å². The average molecular weight is 212 g/mol. The van der Waals surface area contributed by atoms with Crippen LogP contribution in [0.2, 0.25) is 0 Å². The lowest BCUT2D eigenvalue weighted by atomic mass is 10.3. The lowest BCUT2D eigenvalue weighted by molar-refractivity contribution is 0.0544. The van der Waals surface area contributed by atoms with Crippen molar-refractivity contribution >= 4 is 11.9 Å². The first-order chi connectivity index (χ1) is 7.15. The molecule has 0 saturated carbocycles. The third-order valence-electron chi connectivity index (χ3n) is 1.70. The highest BCUT2D eigenvalue weighted by Crippen LogP contribution is 2.08. The Balaban J connectivity index is 3.23. The summed E-state index contributed by atoms with van der Waals surface area (Å²) in [7, 11) is 2.39. The molecular formula is C8H10N3O4. The highest BCUT2D eigenvalue weighted by atomic mass is 16.5. The summed E-state index contributed by atoms with van der Waals surface area (Å²) in [5.41, 5.74) is -0.229. The zero-order valence-corrected chi connectivity index (χ0v) is 8.39. The van der Waals surface area contributed by atoms with E-state index < -0.39 is 11.9 Å². The largest absolute Gasteiger partial charge is 0.464 e. The van der Waals surface area contributed by atoms with Crippen LogP contribution < -0.4 is 0 Å². The van der Waals surface area contributed by atoms with Gasteiger partial charge >= 0.3 is 11.9 Å². The number of ether oxygens (including phenoxy) is 2. The fraction of sp³-hybridized carbons (Fsp3) is 0.375. The Labute approximate surface area is 86.0 Å². The summed E-state index contributed by atoms with van der Waals surface area (Å²) in [5, 5.41) is 7.10. The molecule has 1 rings (SSSR count). The fourth-order valence-corrected chi connectivity index (χ4v) is 1.00. The second-order valence-electron chi connectivity index (χ2n) is 2.49. The Morgan fingerprint density at radius 3 is 2.40 bits per heavy atom. The molecule has 0 saturated heterocycles. The van der Waals surface area contributed by atoms with Crippen molar-refractivity contribution < 1.29 is 19.1 Å². The fourth-order valence-electron chi connectivity index (χ4n) is 1.00. The predicted molar refractivity (Wildman–Crippen MR) is 48.1 cm³/mol. The topological polar surface area (TPSA) is 83.3 Å². The van der Waals surface area contributed by atoms with Gasteiger partial charge in [0, 0.05) is 6.54 Å². The molecule has 7 nitrogen and oxygen atoms in total. The van der Waals surface area contributed by atoms with Crippen LogP contribution >= 0.6 is 0 Å². The van der Waals surface area contributed by atoms with Crippen LogP contribution in [0.3, 0.4) is 0 Å². The summed E-state index contributed by atoms with van der Waals surface area (Å²) >= 11 is 0. The summed E-state index contributed by atoms with van der Waals surface area (Å²) in [6.07, 6.45) is 0. The number of aromatic nitrogens is 3. The van der Waals surface area contributed by atoms with E-state index in [0.29, 0.717) is 0 Å². The summed E-state index contributed by atoms with van der Waals surface area (Å²) < 4.78 is 10.1. The van der Waals surface area contributed by atoms with Crippen LogP contribution in [0.25, 0.3) is 0 Å². The number of rotatable bonds is 3. The van der Waals surface area contributed by atoms with Gasteiger partial charge in [-0.3, -0.25) is 0 Å². The molecule has 0 amide bonds. The molecule has 1 aromatic rings. The Kier molecular flexibility index (Phi) is 3.37. The number of hydrogen-bond acceptors (Lipinski definition) is 6. The molecule has 1 heterocycles. The van der Waals surface area contributed by atoms with Crippen molar-refractivity contribution in [2.75, 3.05) is 14.2 Å². The van der Waals surface area contributed by atoms with Crippen molar-refractivity contribution in [3.8, 4) is 0 Å². The Morgan fingerprint density at radius 2 is 1.93 bits per heavy atom. The maximum atomic E-state index is 11.3. The maximum Gasteiger partial charge on any atom is 0.361 e. The maximum absolute atomic E-state index is 11.3. The van der Waals surface area contributed by atoms with Crippen LogP contribution in [-0.2, 0) is 16.0 Å². The quantitative estimate of drug-likeness (QED) is 0.639. The number of nitrogens with zero attached hydrogens (tertiary/aromatic N) is 3. The van der Waals surface area contributed by atoms with E-state index in [4.69, 9.17) is 0 Å². The molecule has 0 N–H and O–H groups in total. The number of esters is 2. The first-order valence-electron chi connectivity index (χ1n) is 4.05. The first kappa shape index (κ1) is 11.2. The number of carbonyl (C=O) groups excluding carboxylic acids is 2. The van der Waals surface area contributed by atoms with Crippen molar-refractivity contribution in [2.45, 2.75) is 6.54 Å². The Morgan fingerprint density at radius 1 is 1.33 bits per heavy atom. The molecule has 1 aromatic heterocycles. The lowest BCUT2D eigenvalue weighted by Crippen LogP contribution is -2.15. The van der Waals surface area contributed by atoms with Gasteiger partial charge in [-0.15, -0.1) is 5.10 Å². The highest BCUT2D eigenvalue weighted by molar-refractivity contribution is 6.00. The minimum Gasteiger partial charge on any atom is -0.464 e. The molecule has 0 fully saturated rings. The van der Waals surface area contributed by atoms with Crippen molar-refractivity contribution in [2.24, 2.45) is 0 Å². The molecule has 7 heteroatoms. The van der Waals surface area contributed by atoms with Crippen LogP contribution in [0.15, 0.2) is 0 Å². The van der Waals surface area contributed by atoms with Crippen molar-refractivity contribution in [3.63, 3.8) is 0 Å². The minimum absolute atomic E-state index is 0.0562. The van der Waals surface area contributed by atoms with Crippen molar-refractivity contribution in [3.05, 3.63) is 18.3 Å². The SMILES string of the molecule is [CH2]Cn1nnc(C(=O)OC)c1C(=O)OC. The molecule has 0 spiro atoms. The number of hydrogen-bond donors (Lipinski definition) is 0. The van der Waals surface area contributed by atoms with Gasteiger partial charge in [-0.05, 0) is 6.92 Å². The van der Waals surface area contributed by atoms with Crippen molar-refractivity contribution in [1.82, 2.24) is 15.0 Å². The minimum atomic E-state index is -0.741. The highest BCUT2D eigenvalue weighted by Gasteiger charge is 2.25. The summed E-state index contributed by atoms with van der Waals surface area (Å²) in [4.78, 5) is 22.6. The van der Waals surface area contributed by atoms with Gasteiger partial charge in [-0.25, -0.2) is 14.3 Å². The van der Waals surface area contributed by atoms with Gasteiger partial charge in [0.2, 0.25) is 5.69 Å². The second kappa shape index (κ2) is 4.54. The van der Waals surface area contributed by atoms with Crippen LogP contribution in [0, 0.1) is 6.92 Å². The second-order valence-corrected chi connectivity index (χ2v) is 2.49. The molecule has 0 aliphatic heterocycles. The van der Waals surface area contributed by atoms with Crippen LogP contribution in [0.4, 0.5) is 0 Å². The molecule has 0 aliphatic carbocycles. The standard InChI is InChI=1S/C8H10N3O4/c1-4-11-6(8(13)15-3)5(9-10-11)7(12)14-2/h1,4H2,2-3H3. The van der Waals surface area contributed by atoms with E-state index in [2.05, 4.69) is 26.7 Å². The van der Waals surface area contributed by atoms with Gasteiger partial charge in [-0.1, -0.05) is 5.21 Å². The number of carbonyl (C=O) groups is 2. The van der Waals surface area contributed by atoms with E-state index in [9.17, 15) is 9.59 Å². The first-order valence-corrected chi connectivity index (χ1v) is 4.05. The zero-order chi connectivity index (χ0) is 11.4. The number of methoxy groups -OCH3 is 2. The Bertz CT molecular complexity index is 385. The van der Waals surface area contributed by atoms with E-state index in [1.54, 1.807) is 0 Å². The molecule has 15 heavy (non-hydrogen) atoms.